The van der Waals surface area contributed by atoms with Crippen LogP contribution in [0.25, 0.3) is 0 Å². The summed E-state index contributed by atoms with van der Waals surface area (Å²) in [5, 5.41) is 25.1. The average molecular weight is 350 g/mol. The van der Waals surface area contributed by atoms with Gasteiger partial charge in [-0.05, 0) is 7.05 Å². The zero-order chi connectivity index (χ0) is 18.4. The van der Waals surface area contributed by atoms with E-state index in [2.05, 4.69) is 16.0 Å². The number of rotatable bonds is 14. The van der Waals surface area contributed by atoms with E-state index >= 15 is 0 Å². The SMILES string of the molecule is CNC(CO)C(=O)NCCOCCOCC(=O)NC(CO)C(N)=O. The minimum absolute atomic E-state index is 0.136. The third kappa shape index (κ3) is 10.1. The Morgan fingerprint density at radius 2 is 1.67 bits per heavy atom. The molecule has 0 aromatic carbocycles. The maximum Gasteiger partial charge on any atom is 0.246 e. The number of amides is 3. The highest BCUT2D eigenvalue weighted by molar-refractivity contribution is 5.87. The molecule has 0 rings (SSSR count). The highest BCUT2D eigenvalue weighted by Gasteiger charge is 2.16. The molecule has 2 unspecified atom stereocenters. The molecule has 0 bridgehead atoms. The third-order valence-electron chi connectivity index (χ3n) is 2.86. The molecule has 2 atom stereocenters. The van der Waals surface area contributed by atoms with Crippen molar-refractivity contribution in [2.24, 2.45) is 5.73 Å². The summed E-state index contributed by atoms with van der Waals surface area (Å²) in [6, 6.07) is -1.80. The van der Waals surface area contributed by atoms with Crippen molar-refractivity contribution in [3.8, 4) is 0 Å². The van der Waals surface area contributed by atoms with Crippen LogP contribution in [0, 0.1) is 0 Å². The van der Waals surface area contributed by atoms with Gasteiger partial charge in [-0.15, -0.1) is 0 Å². The van der Waals surface area contributed by atoms with Crippen molar-refractivity contribution in [2.75, 3.05) is 53.2 Å². The highest BCUT2D eigenvalue weighted by Crippen LogP contribution is 1.84. The van der Waals surface area contributed by atoms with Gasteiger partial charge >= 0.3 is 0 Å². The molecule has 0 aliphatic carbocycles. The number of aliphatic hydroxyl groups is 2. The lowest BCUT2D eigenvalue weighted by atomic mass is 10.3. The van der Waals surface area contributed by atoms with Crippen molar-refractivity contribution in [1.82, 2.24) is 16.0 Å². The Hall–Kier alpha value is -1.79. The molecule has 7 N–H and O–H groups in total. The number of nitrogens with two attached hydrogens (primary N) is 1. The lowest BCUT2D eigenvalue weighted by molar-refractivity contribution is -0.131. The minimum Gasteiger partial charge on any atom is -0.394 e. The topological polar surface area (TPSA) is 172 Å². The lowest BCUT2D eigenvalue weighted by Crippen LogP contribution is -2.48. The number of ether oxygens (including phenoxy) is 2. The zero-order valence-corrected chi connectivity index (χ0v) is 13.6. The van der Waals surface area contributed by atoms with Crippen molar-refractivity contribution in [3.05, 3.63) is 0 Å². The molecule has 24 heavy (non-hydrogen) atoms. The molecule has 0 heterocycles. The van der Waals surface area contributed by atoms with Crippen molar-refractivity contribution in [2.45, 2.75) is 12.1 Å². The second kappa shape index (κ2) is 13.6. The molecule has 140 valence electrons. The van der Waals surface area contributed by atoms with Crippen LogP contribution < -0.4 is 21.7 Å². The quantitative estimate of drug-likeness (QED) is 0.171. The van der Waals surface area contributed by atoms with Crippen molar-refractivity contribution >= 4 is 17.7 Å². The molecule has 0 radical (unpaired) electrons. The molecule has 0 saturated heterocycles. The van der Waals surface area contributed by atoms with Gasteiger partial charge in [0.25, 0.3) is 0 Å². The van der Waals surface area contributed by atoms with Crippen molar-refractivity contribution in [3.63, 3.8) is 0 Å². The number of nitrogens with one attached hydrogen (secondary N) is 3. The summed E-state index contributed by atoms with van der Waals surface area (Å²) in [5.41, 5.74) is 4.95. The van der Waals surface area contributed by atoms with E-state index in [4.69, 9.17) is 25.4 Å². The second-order valence-corrected chi connectivity index (χ2v) is 4.68. The molecular formula is C13H26N4O7. The monoisotopic (exact) mass is 350 g/mol. The van der Waals surface area contributed by atoms with Gasteiger partial charge in [0.2, 0.25) is 17.7 Å². The first kappa shape index (κ1) is 22.2. The van der Waals surface area contributed by atoms with Gasteiger partial charge in [-0.25, -0.2) is 0 Å². The Morgan fingerprint density at radius 3 is 2.21 bits per heavy atom. The van der Waals surface area contributed by atoms with Gasteiger partial charge in [0.1, 0.15) is 18.7 Å². The fourth-order valence-corrected chi connectivity index (χ4v) is 1.50. The number of hydrogen-bond donors (Lipinski definition) is 6. The van der Waals surface area contributed by atoms with E-state index in [0.717, 1.165) is 0 Å². The fourth-order valence-electron chi connectivity index (χ4n) is 1.50. The smallest absolute Gasteiger partial charge is 0.246 e. The number of carbonyl (C=O) groups is 3. The number of primary amides is 1. The Morgan fingerprint density at radius 1 is 1.04 bits per heavy atom. The Balaban J connectivity index is 3.59. The highest BCUT2D eigenvalue weighted by atomic mass is 16.5. The van der Waals surface area contributed by atoms with Crippen LogP contribution >= 0.6 is 0 Å². The van der Waals surface area contributed by atoms with Gasteiger partial charge in [0, 0.05) is 6.54 Å². The second-order valence-electron chi connectivity index (χ2n) is 4.68. The fraction of sp³-hybridized carbons (Fsp3) is 0.769. The first-order valence-electron chi connectivity index (χ1n) is 7.37. The molecule has 0 aliphatic rings. The van der Waals surface area contributed by atoms with E-state index in [-0.39, 0.29) is 45.5 Å². The van der Waals surface area contributed by atoms with E-state index < -0.39 is 30.5 Å². The summed E-state index contributed by atoms with van der Waals surface area (Å²) in [7, 11) is 1.57. The summed E-state index contributed by atoms with van der Waals surface area (Å²) in [4.78, 5) is 33.7. The van der Waals surface area contributed by atoms with Crippen LogP contribution in [0.3, 0.4) is 0 Å². The van der Waals surface area contributed by atoms with Gasteiger partial charge < -0.3 is 41.4 Å². The first-order chi connectivity index (χ1) is 11.5. The molecule has 0 aromatic rings. The third-order valence-corrected chi connectivity index (χ3v) is 2.86. The molecule has 11 nitrogen and oxygen atoms in total. The standard InChI is InChI=1S/C13H26N4O7/c1-15-10(7-19)13(22)16-2-3-23-4-5-24-8-11(20)17-9(6-18)12(14)21/h9-10,15,18-19H,2-8H2,1H3,(H2,14,21)(H,16,22)(H,17,20). The molecule has 11 heteroatoms. The van der Waals surface area contributed by atoms with Crippen LogP contribution in [0.15, 0.2) is 0 Å². The normalized spacial score (nSPS) is 13.1. The Bertz CT molecular complexity index is 391. The summed E-state index contributed by atoms with van der Waals surface area (Å²) in [6.07, 6.45) is 0. The van der Waals surface area contributed by atoms with Gasteiger partial charge in [0.15, 0.2) is 0 Å². The van der Waals surface area contributed by atoms with Crippen molar-refractivity contribution in [1.29, 1.82) is 0 Å². The van der Waals surface area contributed by atoms with E-state index in [9.17, 15) is 14.4 Å². The number of carbonyl (C=O) groups excluding carboxylic acids is 3. The molecule has 3 amide bonds. The van der Waals surface area contributed by atoms with Crippen LogP contribution in [-0.4, -0.2) is 93.3 Å². The van der Waals surface area contributed by atoms with Crippen LogP contribution in [-0.2, 0) is 23.9 Å². The van der Waals surface area contributed by atoms with Gasteiger partial charge in [-0.1, -0.05) is 0 Å². The van der Waals surface area contributed by atoms with E-state index in [1.165, 1.54) is 0 Å². The number of likely N-dealkylation sites (N-methyl/N-ethyl adjacent to an activating group) is 1. The molecule has 0 aromatic heterocycles. The summed E-state index contributed by atoms with van der Waals surface area (Å²) in [6.45, 7) is -0.322. The van der Waals surface area contributed by atoms with E-state index in [0.29, 0.717) is 0 Å². The minimum atomic E-state index is -1.14. The Kier molecular flexibility index (Phi) is 12.6. The van der Waals surface area contributed by atoms with Crippen LogP contribution in [0.2, 0.25) is 0 Å². The van der Waals surface area contributed by atoms with Crippen LogP contribution in [0.1, 0.15) is 0 Å². The number of aliphatic hydroxyl groups excluding tert-OH is 2. The predicted molar refractivity (Wildman–Crippen MR) is 82.8 cm³/mol. The Labute approximate surface area is 139 Å². The predicted octanol–water partition coefficient (Wildman–Crippen LogP) is -4.32. The molecule has 0 fully saturated rings. The number of hydrogen-bond acceptors (Lipinski definition) is 8. The van der Waals surface area contributed by atoms with E-state index in [1.54, 1.807) is 7.05 Å². The molecule has 0 aliphatic heterocycles. The van der Waals surface area contributed by atoms with E-state index in [1.807, 2.05) is 0 Å². The summed E-state index contributed by atoms with van der Waals surface area (Å²) in [5.74, 6) is -1.75. The largest absolute Gasteiger partial charge is 0.394 e. The maximum absolute atomic E-state index is 11.5. The molecule has 0 saturated carbocycles. The van der Waals surface area contributed by atoms with Gasteiger partial charge in [-0.3, -0.25) is 14.4 Å². The zero-order valence-electron chi connectivity index (χ0n) is 13.6. The van der Waals surface area contributed by atoms with Crippen molar-refractivity contribution < 1.29 is 34.1 Å². The molecular weight excluding hydrogens is 324 g/mol. The van der Waals surface area contributed by atoms with Crippen LogP contribution in [0.4, 0.5) is 0 Å². The first-order valence-corrected chi connectivity index (χ1v) is 7.37. The lowest BCUT2D eigenvalue weighted by Gasteiger charge is -2.13. The molecule has 0 spiro atoms. The average Bonchev–Trinajstić information content (AvgIpc) is 2.55. The summed E-state index contributed by atoms with van der Waals surface area (Å²) >= 11 is 0. The summed E-state index contributed by atoms with van der Waals surface area (Å²) < 4.78 is 10.2. The van der Waals surface area contributed by atoms with Gasteiger partial charge in [-0.2, -0.15) is 0 Å². The maximum atomic E-state index is 11.5. The van der Waals surface area contributed by atoms with Crippen LogP contribution in [0.5, 0.6) is 0 Å². The van der Waals surface area contributed by atoms with Gasteiger partial charge in [0.05, 0.1) is 33.0 Å².